The second-order valence-electron chi connectivity index (χ2n) is 3.12. The van der Waals surface area contributed by atoms with Crippen molar-refractivity contribution in [2.75, 3.05) is 24.2 Å². The molecule has 0 aromatic rings. The summed E-state index contributed by atoms with van der Waals surface area (Å²) in [7, 11) is 0. The Hall–Kier alpha value is 0.650. The van der Waals surface area contributed by atoms with E-state index in [4.69, 9.17) is 9.47 Å². The Morgan fingerprint density at radius 2 is 2.30 bits per heavy atom. The van der Waals surface area contributed by atoms with Crippen molar-refractivity contribution in [3.63, 3.8) is 0 Å². The first kappa shape index (κ1) is 7.31. The van der Waals surface area contributed by atoms with Gasteiger partial charge in [0.1, 0.15) is 0 Å². The minimum absolute atomic E-state index is 0.432. The van der Waals surface area contributed by atoms with Gasteiger partial charge < -0.3 is 9.47 Å². The maximum Gasteiger partial charge on any atom is 0.0765 e. The molecule has 1 unspecified atom stereocenters. The highest BCUT2D eigenvalue weighted by molar-refractivity contribution is 14.1. The third kappa shape index (κ3) is 0.905. The standard InChI is InChI=1S/C7H11IO2/c8-3-6-7(1-2-10-6)4-9-5-7/h6H,1-5H2. The Labute approximate surface area is 74.4 Å². The topological polar surface area (TPSA) is 18.5 Å². The molecule has 2 saturated heterocycles. The molecule has 2 aliphatic heterocycles. The van der Waals surface area contributed by atoms with Crippen molar-refractivity contribution in [3.8, 4) is 0 Å². The van der Waals surface area contributed by atoms with Crippen LogP contribution in [0.5, 0.6) is 0 Å². The molecule has 0 aliphatic carbocycles. The fraction of sp³-hybridized carbons (Fsp3) is 1.00. The molecular formula is C7H11IO2. The second kappa shape index (κ2) is 2.60. The summed E-state index contributed by atoms with van der Waals surface area (Å²) in [6, 6.07) is 0. The van der Waals surface area contributed by atoms with Gasteiger partial charge in [-0.05, 0) is 6.42 Å². The lowest BCUT2D eigenvalue weighted by Crippen LogP contribution is -2.49. The van der Waals surface area contributed by atoms with Crippen LogP contribution in [0.25, 0.3) is 0 Å². The molecule has 0 bridgehead atoms. The number of halogens is 1. The predicted octanol–water partition coefficient (Wildman–Crippen LogP) is 1.23. The average molecular weight is 254 g/mol. The molecule has 2 nitrogen and oxygen atoms in total. The van der Waals surface area contributed by atoms with Gasteiger partial charge in [-0.1, -0.05) is 22.6 Å². The fourth-order valence-corrected chi connectivity index (χ4v) is 2.83. The van der Waals surface area contributed by atoms with E-state index in [1.54, 1.807) is 0 Å². The Kier molecular flexibility index (Phi) is 1.90. The molecule has 2 rings (SSSR count). The molecule has 2 aliphatic rings. The third-order valence-corrected chi connectivity index (χ3v) is 3.32. The summed E-state index contributed by atoms with van der Waals surface area (Å²) >= 11 is 2.39. The minimum atomic E-state index is 0.432. The van der Waals surface area contributed by atoms with E-state index in [2.05, 4.69) is 22.6 Å². The number of rotatable bonds is 1. The van der Waals surface area contributed by atoms with Gasteiger partial charge in [-0.15, -0.1) is 0 Å². The zero-order valence-electron chi connectivity index (χ0n) is 5.81. The van der Waals surface area contributed by atoms with Gasteiger partial charge in [0, 0.05) is 16.4 Å². The maximum atomic E-state index is 5.57. The molecule has 0 aromatic carbocycles. The van der Waals surface area contributed by atoms with Crippen LogP contribution in [-0.4, -0.2) is 30.4 Å². The SMILES string of the molecule is ICC1OCCC12COC2. The average Bonchev–Trinajstić information content (AvgIpc) is 2.27. The van der Waals surface area contributed by atoms with Crippen LogP contribution in [0, 0.1) is 5.41 Å². The second-order valence-corrected chi connectivity index (χ2v) is 4.00. The molecule has 1 spiro atoms. The molecule has 1 atom stereocenters. The normalized spacial score (nSPS) is 36.3. The van der Waals surface area contributed by atoms with E-state index in [1.165, 1.54) is 6.42 Å². The molecule has 10 heavy (non-hydrogen) atoms. The molecule has 0 radical (unpaired) electrons. The van der Waals surface area contributed by atoms with Crippen molar-refractivity contribution in [2.24, 2.45) is 5.41 Å². The summed E-state index contributed by atoms with van der Waals surface area (Å²) in [5, 5.41) is 0. The zero-order valence-corrected chi connectivity index (χ0v) is 7.96. The van der Waals surface area contributed by atoms with Crippen molar-refractivity contribution < 1.29 is 9.47 Å². The Morgan fingerprint density at radius 1 is 1.50 bits per heavy atom. The molecule has 2 heterocycles. The largest absolute Gasteiger partial charge is 0.380 e. The first-order valence-corrected chi connectivity index (χ1v) is 5.15. The predicted molar refractivity (Wildman–Crippen MR) is 46.5 cm³/mol. The highest BCUT2D eigenvalue weighted by atomic mass is 127. The van der Waals surface area contributed by atoms with Crippen molar-refractivity contribution in [3.05, 3.63) is 0 Å². The van der Waals surface area contributed by atoms with Crippen LogP contribution in [0.1, 0.15) is 6.42 Å². The number of alkyl halides is 1. The first-order valence-electron chi connectivity index (χ1n) is 3.63. The summed E-state index contributed by atoms with van der Waals surface area (Å²) in [5.41, 5.74) is 0.432. The van der Waals surface area contributed by atoms with Crippen molar-refractivity contribution in [2.45, 2.75) is 12.5 Å². The molecule has 0 saturated carbocycles. The third-order valence-electron chi connectivity index (χ3n) is 2.52. The van der Waals surface area contributed by atoms with Gasteiger partial charge in [-0.25, -0.2) is 0 Å². The van der Waals surface area contributed by atoms with Gasteiger partial charge >= 0.3 is 0 Å². The molecule has 0 N–H and O–H groups in total. The lowest BCUT2D eigenvalue weighted by atomic mass is 9.80. The lowest BCUT2D eigenvalue weighted by Gasteiger charge is -2.40. The summed E-state index contributed by atoms with van der Waals surface area (Å²) in [6.45, 7) is 2.80. The summed E-state index contributed by atoms with van der Waals surface area (Å²) in [6.07, 6.45) is 1.68. The van der Waals surface area contributed by atoms with E-state index in [-0.39, 0.29) is 0 Å². The van der Waals surface area contributed by atoms with Crippen LogP contribution in [0.4, 0.5) is 0 Å². The molecule has 0 amide bonds. The Morgan fingerprint density at radius 3 is 2.70 bits per heavy atom. The Bertz CT molecular complexity index is 134. The Balaban J connectivity index is 2.05. The van der Waals surface area contributed by atoms with Crippen molar-refractivity contribution >= 4 is 22.6 Å². The van der Waals surface area contributed by atoms with Gasteiger partial charge in [0.25, 0.3) is 0 Å². The highest BCUT2D eigenvalue weighted by Gasteiger charge is 2.49. The number of ether oxygens (including phenoxy) is 2. The monoisotopic (exact) mass is 254 g/mol. The summed E-state index contributed by atoms with van der Waals surface area (Å²) in [5.74, 6) is 0. The zero-order chi connectivity index (χ0) is 7.03. The van der Waals surface area contributed by atoms with Crippen LogP contribution in [-0.2, 0) is 9.47 Å². The van der Waals surface area contributed by atoms with E-state index in [0.717, 1.165) is 24.2 Å². The van der Waals surface area contributed by atoms with E-state index in [9.17, 15) is 0 Å². The maximum absolute atomic E-state index is 5.57. The van der Waals surface area contributed by atoms with Crippen LogP contribution >= 0.6 is 22.6 Å². The van der Waals surface area contributed by atoms with E-state index >= 15 is 0 Å². The van der Waals surface area contributed by atoms with Crippen molar-refractivity contribution in [1.82, 2.24) is 0 Å². The molecule has 2 fully saturated rings. The van der Waals surface area contributed by atoms with E-state index < -0.39 is 0 Å². The summed E-state index contributed by atoms with van der Waals surface area (Å²) in [4.78, 5) is 0. The van der Waals surface area contributed by atoms with Gasteiger partial charge in [-0.2, -0.15) is 0 Å². The molecule has 3 heteroatoms. The van der Waals surface area contributed by atoms with Crippen molar-refractivity contribution in [1.29, 1.82) is 0 Å². The van der Waals surface area contributed by atoms with E-state index in [1.807, 2.05) is 0 Å². The van der Waals surface area contributed by atoms with Crippen LogP contribution < -0.4 is 0 Å². The molecular weight excluding hydrogens is 243 g/mol. The van der Waals surface area contributed by atoms with Gasteiger partial charge in [0.2, 0.25) is 0 Å². The number of hydrogen-bond acceptors (Lipinski definition) is 2. The first-order chi connectivity index (χ1) is 4.87. The van der Waals surface area contributed by atoms with Crippen LogP contribution in [0.3, 0.4) is 0 Å². The summed E-state index contributed by atoms with van der Waals surface area (Å²) < 4.78 is 11.9. The molecule has 0 aromatic heterocycles. The fourth-order valence-electron chi connectivity index (χ4n) is 1.64. The van der Waals surface area contributed by atoms with Crippen LogP contribution in [0.15, 0.2) is 0 Å². The molecule has 58 valence electrons. The lowest BCUT2D eigenvalue weighted by molar-refractivity contribution is -0.136. The van der Waals surface area contributed by atoms with E-state index in [0.29, 0.717) is 11.5 Å². The quantitative estimate of drug-likeness (QED) is 0.517. The van der Waals surface area contributed by atoms with Gasteiger partial charge in [0.05, 0.1) is 19.3 Å². The van der Waals surface area contributed by atoms with Gasteiger partial charge in [0.15, 0.2) is 0 Å². The minimum Gasteiger partial charge on any atom is -0.380 e. The van der Waals surface area contributed by atoms with Gasteiger partial charge in [-0.3, -0.25) is 0 Å². The van der Waals surface area contributed by atoms with Crippen LogP contribution in [0.2, 0.25) is 0 Å². The number of hydrogen-bond donors (Lipinski definition) is 0. The highest BCUT2D eigenvalue weighted by Crippen LogP contribution is 2.42. The smallest absolute Gasteiger partial charge is 0.0765 e.